The Balaban J connectivity index is 2.36. The van der Waals surface area contributed by atoms with E-state index in [0.717, 1.165) is 23.7 Å². The molecule has 3 heteroatoms. The first kappa shape index (κ1) is 15.1. The van der Waals surface area contributed by atoms with Gasteiger partial charge < -0.3 is 10.3 Å². The zero-order valence-electron chi connectivity index (χ0n) is 12.9. The lowest BCUT2D eigenvalue weighted by atomic mass is 10.00. The van der Waals surface area contributed by atoms with E-state index in [4.69, 9.17) is 0 Å². The Morgan fingerprint density at radius 2 is 2.19 bits per heavy atom. The highest BCUT2D eigenvalue weighted by atomic mass is 16.1. The molecule has 2 rings (SSSR count). The molecule has 0 bridgehead atoms. The molecule has 2 N–H and O–H groups in total. The molecule has 0 aliphatic heterocycles. The van der Waals surface area contributed by atoms with E-state index in [1.807, 2.05) is 25.1 Å². The van der Waals surface area contributed by atoms with Gasteiger partial charge in [0.2, 0.25) is 0 Å². The van der Waals surface area contributed by atoms with Gasteiger partial charge >= 0.3 is 0 Å². The van der Waals surface area contributed by atoms with Crippen molar-refractivity contribution in [3.05, 3.63) is 59.4 Å². The maximum absolute atomic E-state index is 12.2. The quantitative estimate of drug-likeness (QED) is 0.791. The fourth-order valence-corrected chi connectivity index (χ4v) is 2.53. The van der Waals surface area contributed by atoms with E-state index < -0.39 is 0 Å². The molecular weight excluding hydrogens is 260 g/mol. The highest BCUT2D eigenvalue weighted by Crippen LogP contribution is 2.24. The number of aromatic nitrogens is 1. The van der Waals surface area contributed by atoms with Crippen LogP contribution in [-0.4, -0.2) is 10.9 Å². The lowest BCUT2D eigenvalue weighted by molar-refractivity contribution is 0.0963. The van der Waals surface area contributed by atoms with Crippen molar-refractivity contribution >= 4 is 16.8 Å². The minimum absolute atomic E-state index is 0.158. The lowest BCUT2D eigenvalue weighted by Gasteiger charge is -2.05. The smallest absolute Gasteiger partial charge is 0.272 e. The van der Waals surface area contributed by atoms with Crippen LogP contribution in [0.3, 0.4) is 0 Å². The molecule has 0 unspecified atom stereocenters. The van der Waals surface area contributed by atoms with Crippen LogP contribution >= 0.6 is 0 Å². The van der Waals surface area contributed by atoms with Gasteiger partial charge in [-0.3, -0.25) is 4.79 Å². The summed E-state index contributed by atoms with van der Waals surface area (Å²) in [6.45, 7) is 9.96. The van der Waals surface area contributed by atoms with Crippen molar-refractivity contribution in [2.24, 2.45) is 0 Å². The highest BCUT2D eigenvalue weighted by molar-refractivity contribution is 6.00. The molecule has 1 aromatic heterocycles. The molecule has 0 fully saturated rings. The normalized spacial score (nSPS) is 11.2. The molecule has 0 aliphatic carbocycles. The van der Waals surface area contributed by atoms with Gasteiger partial charge in [0.25, 0.3) is 5.91 Å². The van der Waals surface area contributed by atoms with E-state index in [0.29, 0.717) is 11.4 Å². The predicted octanol–water partition coefficient (Wildman–Crippen LogP) is 4.25. The SMILES string of the molecule is C=C(/C=C\C)NC(=O)c1cc2c(CCC)c(C)ccc2[nH]1. The van der Waals surface area contributed by atoms with Crippen molar-refractivity contribution in [1.29, 1.82) is 0 Å². The van der Waals surface area contributed by atoms with Gasteiger partial charge in [0.15, 0.2) is 0 Å². The number of rotatable bonds is 5. The Hall–Kier alpha value is -2.29. The first-order chi connectivity index (χ1) is 10.1. The summed E-state index contributed by atoms with van der Waals surface area (Å²) in [6.07, 6.45) is 5.72. The van der Waals surface area contributed by atoms with Crippen LogP contribution in [0.25, 0.3) is 10.9 Å². The van der Waals surface area contributed by atoms with E-state index in [1.165, 1.54) is 11.1 Å². The average molecular weight is 282 g/mol. The van der Waals surface area contributed by atoms with Crippen LogP contribution in [0.4, 0.5) is 0 Å². The van der Waals surface area contributed by atoms with Crippen LogP contribution in [-0.2, 0) is 6.42 Å². The van der Waals surface area contributed by atoms with Crippen LogP contribution in [0.1, 0.15) is 41.9 Å². The lowest BCUT2D eigenvalue weighted by Crippen LogP contribution is -2.21. The number of nitrogens with one attached hydrogen (secondary N) is 2. The van der Waals surface area contributed by atoms with Gasteiger partial charge in [0.1, 0.15) is 5.69 Å². The molecule has 0 atom stereocenters. The topological polar surface area (TPSA) is 44.9 Å². The number of carbonyl (C=O) groups excluding carboxylic acids is 1. The molecule has 110 valence electrons. The summed E-state index contributed by atoms with van der Waals surface area (Å²) in [4.78, 5) is 15.4. The zero-order chi connectivity index (χ0) is 15.4. The Morgan fingerprint density at radius 3 is 2.86 bits per heavy atom. The monoisotopic (exact) mass is 282 g/mol. The number of amides is 1. The van der Waals surface area contributed by atoms with Crippen LogP contribution in [0.2, 0.25) is 0 Å². The van der Waals surface area contributed by atoms with Crippen LogP contribution in [0.5, 0.6) is 0 Å². The summed E-state index contributed by atoms with van der Waals surface area (Å²) in [5.74, 6) is -0.158. The first-order valence-electron chi connectivity index (χ1n) is 7.31. The van der Waals surface area contributed by atoms with Crippen LogP contribution in [0, 0.1) is 6.92 Å². The Bertz CT molecular complexity index is 707. The number of allylic oxidation sites excluding steroid dienone is 2. The Labute approximate surface area is 125 Å². The number of H-pyrrole nitrogens is 1. The van der Waals surface area contributed by atoms with Crippen molar-refractivity contribution in [1.82, 2.24) is 10.3 Å². The molecule has 21 heavy (non-hydrogen) atoms. The molecule has 1 heterocycles. The van der Waals surface area contributed by atoms with Gasteiger partial charge in [-0.2, -0.15) is 0 Å². The highest BCUT2D eigenvalue weighted by Gasteiger charge is 2.12. The largest absolute Gasteiger partial charge is 0.351 e. The minimum Gasteiger partial charge on any atom is -0.351 e. The number of carbonyl (C=O) groups is 1. The Kier molecular flexibility index (Phi) is 4.63. The summed E-state index contributed by atoms with van der Waals surface area (Å²) in [6, 6.07) is 6.07. The van der Waals surface area contributed by atoms with Crippen molar-refractivity contribution in [2.75, 3.05) is 0 Å². The van der Waals surface area contributed by atoms with Gasteiger partial charge in [-0.25, -0.2) is 0 Å². The fourth-order valence-electron chi connectivity index (χ4n) is 2.53. The summed E-state index contributed by atoms with van der Waals surface area (Å²) in [5, 5.41) is 3.91. The van der Waals surface area contributed by atoms with Gasteiger partial charge in [0.05, 0.1) is 0 Å². The molecule has 0 saturated heterocycles. The fraction of sp³-hybridized carbons (Fsp3) is 0.278. The second-order valence-corrected chi connectivity index (χ2v) is 5.23. The number of hydrogen-bond acceptors (Lipinski definition) is 1. The summed E-state index contributed by atoms with van der Waals surface area (Å²) in [5.41, 5.74) is 4.75. The third kappa shape index (κ3) is 3.24. The van der Waals surface area contributed by atoms with E-state index in [9.17, 15) is 4.79 Å². The number of aromatic amines is 1. The van der Waals surface area contributed by atoms with Crippen LogP contribution < -0.4 is 5.32 Å². The third-order valence-corrected chi connectivity index (χ3v) is 3.54. The van der Waals surface area contributed by atoms with Gasteiger partial charge in [-0.1, -0.05) is 32.1 Å². The molecule has 3 nitrogen and oxygen atoms in total. The van der Waals surface area contributed by atoms with E-state index in [1.54, 1.807) is 6.08 Å². The second-order valence-electron chi connectivity index (χ2n) is 5.23. The van der Waals surface area contributed by atoms with E-state index in [2.05, 4.69) is 36.8 Å². The Morgan fingerprint density at radius 1 is 1.43 bits per heavy atom. The maximum atomic E-state index is 12.2. The van der Waals surface area contributed by atoms with Gasteiger partial charge in [-0.05, 0) is 49.6 Å². The maximum Gasteiger partial charge on any atom is 0.272 e. The molecule has 1 aromatic carbocycles. The van der Waals surface area contributed by atoms with Crippen molar-refractivity contribution in [3.63, 3.8) is 0 Å². The molecule has 2 aromatic rings. The summed E-state index contributed by atoms with van der Waals surface area (Å²) in [7, 11) is 0. The summed E-state index contributed by atoms with van der Waals surface area (Å²) >= 11 is 0. The van der Waals surface area contributed by atoms with Crippen molar-refractivity contribution in [2.45, 2.75) is 33.6 Å². The number of benzene rings is 1. The molecular formula is C18H22N2O. The number of fused-ring (bicyclic) bond motifs is 1. The molecule has 0 spiro atoms. The molecule has 1 amide bonds. The number of aryl methyl sites for hydroxylation is 2. The third-order valence-electron chi connectivity index (χ3n) is 3.54. The van der Waals surface area contributed by atoms with Gasteiger partial charge in [0, 0.05) is 16.6 Å². The van der Waals surface area contributed by atoms with Crippen molar-refractivity contribution < 1.29 is 4.79 Å². The van der Waals surface area contributed by atoms with E-state index in [-0.39, 0.29) is 5.91 Å². The first-order valence-corrected chi connectivity index (χ1v) is 7.31. The standard InChI is InChI=1S/C18H22N2O/c1-5-7-13(4)19-18(21)17-11-15-14(8-6-2)12(3)9-10-16(15)20-17/h5,7,9-11,20H,4,6,8H2,1-3H3,(H,19,21)/b7-5-. The average Bonchev–Trinajstić information content (AvgIpc) is 2.87. The van der Waals surface area contributed by atoms with E-state index >= 15 is 0 Å². The molecule has 0 saturated carbocycles. The molecule has 0 radical (unpaired) electrons. The molecule has 0 aliphatic rings. The zero-order valence-corrected chi connectivity index (χ0v) is 12.9. The minimum atomic E-state index is -0.158. The summed E-state index contributed by atoms with van der Waals surface area (Å²) < 4.78 is 0. The number of hydrogen-bond donors (Lipinski definition) is 2. The van der Waals surface area contributed by atoms with Gasteiger partial charge in [-0.15, -0.1) is 0 Å². The predicted molar refractivity (Wildman–Crippen MR) is 88.5 cm³/mol. The van der Waals surface area contributed by atoms with Crippen LogP contribution in [0.15, 0.2) is 42.6 Å². The van der Waals surface area contributed by atoms with Crippen molar-refractivity contribution in [3.8, 4) is 0 Å². The second kappa shape index (κ2) is 6.44.